The Labute approximate surface area is 198 Å². The van der Waals surface area contributed by atoms with E-state index in [2.05, 4.69) is 27.6 Å². The van der Waals surface area contributed by atoms with E-state index in [1.54, 1.807) is 36.4 Å². The van der Waals surface area contributed by atoms with Gasteiger partial charge in [-0.05, 0) is 95.2 Å². The second kappa shape index (κ2) is 9.95. The molecule has 3 aromatic carbocycles. The van der Waals surface area contributed by atoms with Gasteiger partial charge in [-0.2, -0.15) is 0 Å². The Kier molecular flexibility index (Phi) is 6.84. The lowest BCUT2D eigenvalue weighted by Gasteiger charge is -2.13. The molecule has 0 atom stereocenters. The molecular weight excluding hydrogens is 524 g/mol. The fourth-order valence-corrected chi connectivity index (χ4v) is 3.43. The van der Waals surface area contributed by atoms with Crippen molar-refractivity contribution in [3.63, 3.8) is 0 Å². The number of halogens is 2. The summed E-state index contributed by atoms with van der Waals surface area (Å²) >= 11 is 2.21. The van der Waals surface area contributed by atoms with Crippen molar-refractivity contribution in [2.45, 2.75) is 13.5 Å². The Bertz CT molecular complexity index is 1200. The number of carbonyl (C=O) groups is 1. The molecule has 1 aliphatic rings. The first-order valence-electron chi connectivity index (χ1n) is 9.94. The van der Waals surface area contributed by atoms with E-state index in [0.717, 1.165) is 9.13 Å². The van der Waals surface area contributed by atoms with E-state index >= 15 is 0 Å². The van der Waals surface area contributed by atoms with Gasteiger partial charge in [-0.25, -0.2) is 14.2 Å². The fourth-order valence-electron chi connectivity index (χ4n) is 3.07. The normalized spacial score (nSPS) is 14.3. The highest BCUT2D eigenvalue weighted by Gasteiger charge is 2.24. The average Bonchev–Trinajstić information content (AvgIpc) is 3.14. The number of carbonyl (C=O) groups excluding carboxylic acids is 1. The van der Waals surface area contributed by atoms with E-state index in [4.69, 9.17) is 14.2 Å². The first-order chi connectivity index (χ1) is 15.5. The zero-order chi connectivity index (χ0) is 22.5. The highest BCUT2D eigenvalue weighted by Crippen LogP contribution is 2.31. The molecule has 0 aromatic heterocycles. The number of rotatable bonds is 7. The van der Waals surface area contributed by atoms with Gasteiger partial charge in [-0.15, -0.1) is 0 Å². The number of esters is 1. The summed E-state index contributed by atoms with van der Waals surface area (Å²) in [5.74, 6) is 0.495. The van der Waals surface area contributed by atoms with Crippen LogP contribution < -0.4 is 9.47 Å². The van der Waals surface area contributed by atoms with Crippen molar-refractivity contribution in [3.8, 4) is 11.5 Å². The van der Waals surface area contributed by atoms with Crippen LogP contribution in [0.2, 0.25) is 0 Å². The zero-order valence-electron chi connectivity index (χ0n) is 17.2. The van der Waals surface area contributed by atoms with E-state index in [-0.39, 0.29) is 24.0 Å². The number of ether oxygens (including phenoxy) is 3. The molecule has 1 aliphatic heterocycles. The Balaban J connectivity index is 1.55. The minimum absolute atomic E-state index is 0.203. The number of benzene rings is 3. The van der Waals surface area contributed by atoms with Crippen molar-refractivity contribution in [2.24, 2.45) is 4.99 Å². The number of hydrogen-bond donors (Lipinski definition) is 0. The third kappa shape index (κ3) is 5.34. The van der Waals surface area contributed by atoms with Crippen LogP contribution in [-0.2, 0) is 16.1 Å². The van der Waals surface area contributed by atoms with Gasteiger partial charge in [0, 0.05) is 9.13 Å². The first-order valence-corrected chi connectivity index (χ1v) is 11.0. The molecule has 0 saturated carbocycles. The SMILES string of the molecule is CCOc1cc(/C=C2\N=C(c3ccc(I)cc3)OC2=O)ccc1OCc1cccc(F)c1. The Morgan fingerprint density at radius 2 is 1.84 bits per heavy atom. The van der Waals surface area contributed by atoms with Gasteiger partial charge in [-0.3, -0.25) is 0 Å². The predicted molar refractivity (Wildman–Crippen MR) is 128 cm³/mol. The number of nitrogens with zero attached hydrogens (tertiary/aromatic N) is 1. The minimum atomic E-state index is -0.511. The predicted octanol–water partition coefficient (Wildman–Crippen LogP) is 5.75. The van der Waals surface area contributed by atoms with E-state index in [0.29, 0.717) is 29.2 Å². The van der Waals surface area contributed by atoms with Gasteiger partial charge >= 0.3 is 5.97 Å². The van der Waals surface area contributed by atoms with Gasteiger partial charge in [0.1, 0.15) is 12.4 Å². The quantitative estimate of drug-likeness (QED) is 0.216. The van der Waals surface area contributed by atoms with Crippen LogP contribution in [0.15, 0.2) is 77.4 Å². The molecule has 0 saturated heterocycles. The highest BCUT2D eigenvalue weighted by molar-refractivity contribution is 14.1. The van der Waals surface area contributed by atoms with Crippen molar-refractivity contribution in [2.75, 3.05) is 6.61 Å². The lowest BCUT2D eigenvalue weighted by Crippen LogP contribution is -2.05. The monoisotopic (exact) mass is 543 g/mol. The van der Waals surface area contributed by atoms with Gasteiger partial charge in [0.05, 0.1) is 6.61 Å². The lowest BCUT2D eigenvalue weighted by molar-refractivity contribution is -0.129. The summed E-state index contributed by atoms with van der Waals surface area (Å²) in [6, 6.07) is 19.1. The van der Waals surface area contributed by atoms with Crippen molar-refractivity contribution in [3.05, 3.63) is 98.5 Å². The van der Waals surface area contributed by atoms with Crippen LogP contribution >= 0.6 is 22.6 Å². The van der Waals surface area contributed by atoms with Crippen LogP contribution in [0, 0.1) is 9.39 Å². The Morgan fingerprint density at radius 3 is 2.59 bits per heavy atom. The van der Waals surface area contributed by atoms with Crippen LogP contribution in [0.25, 0.3) is 6.08 Å². The summed E-state index contributed by atoms with van der Waals surface area (Å²) in [6.07, 6.45) is 1.64. The molecule has 0 spiro atoms. The van der Waals surface area contributed by atoms with Crippen molar-refractivity contribution in [1.82, 2.24) is 0 Å². The molecule has 7 heteroatoms. The molecule has 162 valence electrons. The summed E-state index contributed by atoms with van der Waals surface area (Å²) in [7, 11) is 0. The number of aliphatic imine (C=N–C) groups is 1. The van der Waals surface area contributed by atoms with Gasteiger partial charge < -0.3 is 14.2 Å². The van der Waals surface area contributed by atoms with Crippen LogP contribution in [0.5, 0.6) is 11.5 Å². The molecule has 32 heavy (non-hydrogen) atoms. The molecule has 0 radical (unpaired) electrons. The van der Waals surface area contributed by atoms with Gasteiger partial charge in [0.2, 0.25) is 5.90 Å². The molecule has 3 aromatic rings. The second-order valence-electron chi connectivity index (χ2n) is 6.90. The van der Waals surface area contributed by atoms with Crippen LogP contribution in [0.4, 0.5) is 4.39 Å². The van der Waals surface area contributed by atoms with Crippen LogP contribution in [-0.4, -0.2) is 18.5 Å². The summed E-state index contributed by atoms with van der Waals surface area (Å²) in [5.41, 5.74) is 2.36. The summed E-state index contributed by atoms with van der Waals surface area (Å²) in [4.78, 5) is 16.6. The first kappa shape index (κ1) is 22.0. The summed E-state index contributed by atoms with van der Waals surface area (Å²) < 4.78 is 31.3. The maximum Gasteiger partial charge on any atom is 0.363 e. The Morgan fingerprint density at radius 1 is 1.03 bits per heavy atom. The molecule has 0 aliphatic carbocycles. The topological polar surface area (TPSA) is 57.1 Å². The Hall–Kier alpha value is -3.20. The average molecular weight is 543 g/mol. The molecule has 1 heterocycles. The molecular formula is C25H19FINO4. The van der Waals surface area contributed by atoms with Crippen molar-refractivity contribution >= 4 is 40.5 Å². The van der Waals surface area contributed by atoms with Crippen molar-refractivity contribution in [1.29, 1.82) is 0 Å². The lowest BCUT2D eigenvalue weighted by atomic mass is 10.1. The zero-order valence-corrected chi connectivity index (χ0v) is 19.3. The van der Waals surface area contributed by atoms with Gasteiger partial charge in [0.25, 0.3) is 0 Å². The largest absolute Gasteiger partial charge is 0.490 e. The van der Waals surface area contributed by atoms with Gasteiger partial charge in [-0.1, -0.05) is 18.2 Å². The smallest absolute Gasteiger partial charge is 0.363 e. The molecule has 0 bridgehead atoms. The van der Waals surface area contributed by atoms with Crippen LogP contribution in [0.3, 0.4) is 0 Å². The van der Waals surface area contributed by atoms with E-state index in [1.807, 2.05) is 31.2 Å². The van der Waals surface area contributed by atoms with Crippen LogP contribution in [0.1, 0.15) is 23.6 Å². The maximum atomic E-state index is 13.4. The molecule has 0 fully saturated rings. The summed E-state index contributed by atoms with van der Waals surface area (Å²) in [6.45, 7) is 2.51. The highest BCUT2D eigenvalue weighted by atomic mass is 127. The molecule has 5 nitrogen and oxygen atoms in total. The fraction of sp³-hybridized carbons (Fsp3) is 0.120. The van der Waals surface area contributed by atoms with E-state index < -0.39 is 5.97 Å². The molecule has 0 amide bonds. The maximum absolute atomic E-state index is 13.4. The number of hydrogen-bond acceptors (Lipinski definition) is 5. The molecule has 0 unspecified atom stereocenters. The third-order valence-corrected chi connectivity index (χ3v) is 5.29. The molecule has 4 rings (SSSR count). The summed E-state index contributed by atoms with van der Waals surface area (Å²) in [5, 5.41) is 0. The number of cyclic esters (lactones) is 1. The minimum Gasteiger partial charge on any atom is -0.490 e. The van der Waals surface area contributed by atoms with E-state index in [9.17, 15) is 9.18 Å². The standard InChI is InChI=1S/C25H19FINO4/c1-2-30-23-14-16(6-11-22(23)31-15-17-4-3-5-19(26)12-17)13-21-25(29)32-24(28-21)18-7-9-20(27)10-8-18/h3-14H,2,15H2,1H3/b21-13-. The van der Waals surface area contributed by atoms with Gasteiger partial charge in [0.15, 0.2) is 17.2 Å². The second-order valence-corrected chi connectivity index (χ2v) is 8.15. The molecule has 0 N–H and O–H groups in total. The third-order valence-electron chi connectivity index (χ3n) is 4.57. The van der Waals surface area contributed by atoms with E-state index in [1.165, 1.54) is 12.1 Å². The van der Waals surface area contributed by atoms with Crippen molar-refractivity contribution < 1.29 is 23.4 Å².